The van der Waals surface area contributed by atoms with E-state index in [1.54, 1.807) is 16.7 Å². The van der Waals surface area contributed by atoms with E-state index in [9.17, 15) is 0 Å². The zero-order valence-electron chi connectivity index (χ0n) is 10.3. The lowest BCUT2D eigenvalue weighted by Crippen LogP contribution is -2.04. The van der Waals surface area contributed by atoms with E-state index in [0.29, 0.717) is 27.1 Å². The Hall–Kier alpha value is -1.15. The second-order valence-corrected chi connectivity index (χ2v) is 5.87. The molecule has 0 fully saturated rings. The summed E-state index contributed by atoms with van der Waals surface area (Å²) < 4.78 is 2.50. The van der Waals surface area contributed by atoms with Gasteiger partial charge < -0.3 is 5.73 Å². The maximum absolute atomic E-state index is 9.15. The molecule has 1 aromatic heterocycles. The van der Waals surface area contributed by atoms with Crippen LogP contribution in [-0.2, 0) is 0 Å². The van der Waals surface area contributed by atoms with E-state index >= 15 is 0 Å². The third-order valence-corrected chi connectivity index (χ3v) is 4.10. The fourth-order valence-electron chi connectivity index (χ4n) is 2.01. The standard InChI is InChI=1S/C13H10BrCl2N3/c1-6-7(2)19(13(18)9(6)5-17)12-10(15)3-8(14)4-11(12)16/h3-4H,18H2,1-2H3. The highest BCUT2D eigenvalue weighted by molar-refractivity contribution is 9.10. The summed E-state index contributed by atoms with van der Waals surface area (Å²) in [5.41, 5.74) is 8.75. The van der Waals surface area contributed by atoms with Gasteiger partial charge in [0.1, 0.15) is 11.9 Å². The van der Waals surface area contributed by atoms with Gasteiger partial charge in [0.2, 0.25) is 0 Å². The number of halogens is 3. The predicted molar refractivity (Wildman–Crippen MR) is 82.1 cm³/mol. The van der Waals surface area contributed by atoms with Crippen LogP contribution >= 0.6 is 39.1 Å². The van der Waals surface area contributed by atoms with Crippen LogP contribution in [0.15, 0.2) is 16.6 Å². The first kappa shape index (κ1) is 14.3. The molecular weight excluding hydrogens is 349 g/mol. The Balaban J connectivity index is 2.85. The molecule has 0 aliphatic heterocycles. The van der Waals surface area contributed by atoms with E-state index in [1.807, 2.05) is 13.8 Å². The topological polar surface area (TPSA) is 54.7 Å². The average molecular weight is 359 g/mol. The molecule has 0 atom stereocenters. The molecule has 0 aliphatic carbocycles. The average Bonchev–Trinajstić information content (AvgIpc) is 2.52. The minimum absolute atomic E-state index is 0.351. The Morgan fingerprint density at radius 2 is 1.79 bits per heavy atom. The Kier molecular flexibility index (Phi) is 3.82. The van der Waals surface area contributed by atoms with Crippen LogP contribution in [0.4, 0.5) is 5.82 Å². The largest absolute Gasteiger partial charge is 0.384 e. The number of aromatic nitrogens is 1. The highest BCUT2D eigenvalue weighted by atomic mass is 79.9. The Morgan fingerprint density at radius 1 is 1.26 bits per heavy atom. The van der Waals surface area contributed by atoms with Gasteiger partial charge >= 0.3 is 0 Å². The van der Waals surface area contributed by atoms with Crippen LogP contribution in [0.2, 0.25) is 10.0 Å². The summed E-state index contributed by atoms with van der Waals surface area (Å²) in [6, 6.07) is 5.58. The summed E-state index contributed by atoms with van der Waals surface area (Å²) in [6.07, 6.45) is 0. The quantitative estimate of drug-likeness (QED) is 0.808. The van der Waals surface area contributed by atoms with E-state index in [0.717, 1.165) is 15.7 Å². The summed E-state index contributed by atoms with van der Waals surface area (Å²) in [5.74, 6) is 0.351. The van der Waals surface area contributed by atoms with E-state index in [1.165, 1.54) is 0 Å². The molecule has 19 heavy (non-hydrogen) atoms. The van der Waals surface area contributed by atoms with Crippen molar-refractivity contribution >= 4 is 44.9 Å². The summed E-state index contributed by atoms with van der Waals surface area (Å²) in [6.45, 7) is 3.72. The first-order valence-corrected chi connectivity index (χ1v) is 6.95. The molecule has 0 unspecified atom stereocenters. The van der Waals surface area contributed by atoms with E-state index in [2.05, 4.69) is 22.0 Å². The first-order valence-electron chi connectivity index (χ1n) is 5.40. The van der Waals surface area contributed by atoms with Gasteiger partial charge in [0, 0.05) is 10.2 Å². The van der Waals surface area contributed by atoms with Crippen molar-refractivity contribution in [3.05, 3.63) is 43.5 Å². The van der Waals surface area contributed by atoms with E-state index in [4.69, 9.17) is 34.2 Å². The minimum atomic E-state index is 0.351. The van der Waals surface area contributed by atoms with E-state index in [-0.39, 0.29) is 0 Å². The van der Waals surface area contributed by atoms with Crippen LogP contribution in [-0.4, -0.2) is 4.57 Å². The fraction of sp³-hybridized carbons (Fsp3) is 0.154. The van der Waals surface area contributed by atoms with Crippen molar-refractivity contribution in [1.29, 1.82) is 5.26 Å². The van der Waals surface area contributed by atoms with Gasteiger partial charge in [0.05, 0.1) is 21.3 Å². The molecule has 98 valence electrons. The maximum Gasteiger partial charge on any atom is 0.126 e. The summed E-state index contributed by atoms with van der Waals surface area (Å²) in [7, 11) is 0. The third kappa shape index (κ3) is 2.23. The van der Waals surface area contributed by atoms with Gasteiger partial charge in [-0.25, -0.2) is 0 Å². The summed E-state index contributed by atoms with van der Waals surface area (Å²) in [5, 5.41) is 10.1. The highest BCUT2D eigenvalue weighted by Crippen LogP contribution is 2.37. The number of nitrogen functional groups attached to an aromatic ring is 1. The van der Waals surface area contributed by atoms with Gasteiger partial charge in [0.15, 0.2) is 0 Å². The molecular formula is C13H10BrCl2N3. The third-order valence-electron chi connectivity index (χ3n) is 3.07. The smallest absolute Gasteiger partial charge is 0.126 e. The van der Waals surface area contributed by atoms with Crippen LogP contribution in [0.1, 0.15) is 16.8 Å². The van der Waals surface area contributed by atoms with Gasteiger partial charge in [0.25, 0.3) is 0 Å². The minimum Gasteiger partial charge on any atom is -0.384 e. The number of anilines is 1. The maximum atomic E-state index is 9.15. The summed E-state index contributed by atoms with van der Waals surface area (Å²) in [4.78, 5) is 0. The molecule has 0 bridgehead atoms. The Labute approximate surface area is 129 Å². The zero-order valence-corrected chi connectivity index (χ0v) is 13.4. The van der Waals surface area contributed by atoms with E-state index < -0.39 is 0 Å². The van der Waals surface area contributed by atoms with Gasteiger partial charge in [-0.05, 0) is 31.5 Å². The number of nitriles is 1. The monoisotopic (exact) mass is 357 g/mol. The second-order valence-electron chi connectivity index (χ2n) is 4.14. The van der Waals surface area contributed by atoms with Crippen LogP contribution in [0, 0.1) is 25.2 Å². The van der Waals surface area contributed by atoms with Gasteiger partial charge in [-0.15, -0.1) is 0 Å². The number of nitrogens with zero attached hydrogens (tertiary/aromatic N) is 2. The number of nitrogens with two attached hydrogens (primary N) is 1. The molecule has 6 heteroatoms. The van der Waals surface area contributed by atoms with Crippen molar-refractivity contribution in [3.8, 4) is 11.8 Å². The number of benzene rings is 1. The molecule has 0 saturated heterocycles. The van der Waals surface area contributed by atoms with Crippen molar-refractivity contribution < 1.29 is 0 Å². The van der Waals surface area contributed by atoms with Gasteiger partial charge in [-0.1, -0.05) is 39.1 Å². The second kappa shape index (κ2) is 5.09. The fourth-order valence-corrected chi connectivity index (χ4v) is 3.39. The molecule has 0 amide bonds. The normalized spacial score (nSPS) is 10.5. The Bertz CT molecular complexity index is 691. The van der Waals surface area contributed by atoms with Crippen LogP contribution in [0.3, 0.4) is 0 Å². The summed E-state index contributed by atoms with van der Waals surface area (Å²) >= 11 is 15.8. The number of hydrogen-bond donors (Lipinski definition) is 1. The lowest BCUT2D eigenvalue weighted by atomic mass is 10.2. The first-order chi connectivity index (χ1) is 8.88. The lowest BCUT2D eigenvalue weighted by molar-refractivity contribution is 1.02. The molecule has 3 nitrogen and oxygen atoms in total. The molecule has 0 saturated carbocycles. The van der Waals surface area contributed by atoms with Crippen LogP contribution < -0.4 is 5.73 Å². The van der Waals surface area contributed by atoms with Crippen LogP contribution in [0.5, 0.6) is 0 Å². The zero-order chi connectivity index (χ0) is 14.3. The van der Waals surface area contributed by atoms with Gasteiger partial charge in [-0.3, -0.25) is 4.57 Å². The van der Waals surface area contributed by atoms with Crippen molar-refractivity contribution in [3.63, 3.8) is 0 Å². The number of rotatable bonds is 1. The lowest BCUT2D eigenvalue weighted by Gasteiger charge is -2.13. The van der Waals surface area contributed by atoms with Crippen LogP contribution in [0.25, 0.3) is 5.69 Å². The molecule has 2 rings (SSSR count). The van der Waals surface area contributed by atoms with Crippen molar-refractivity contribution in [2.75, 3.05) is 5.73 Å². The highest BCUT2D eigenvalue weighted by Gasteiger charge is 2.20. The number of hydrogen-bond acceptors (Lipinski definition) is 2. The van der Waals surface area contributed by atoms with Crippen molar-refractivity contribution in [1.82, 2.24) is 4.57 Å². The molecule has 1 heterocycles. The Morgan fingerprint density at radius 3 is 2.21 bits per heavy atom. The van der Waals surface area contributed by atoms with Crippen molar-refractivity contribution in [2.45, 2.75) is 13.8 Å². The molecule has 0 radical (unpaired) electrons. The molecule has 2 N–H and O–H groups in total. The molecule has 0 aliphatic rings. The molecule has 0 spiro atoms. The predicted octanol–water partition coefficient (Wildman–Crippen LogP) is 4.62. The molecule has 2 aromatic rings. The van der Waals surface area contributed by atoms with Crippen molar-refractivity contribution in [2.24, 2.45) is 0 Å². The SMILES string of the molecule is Cc1c(C#N)c(N)n(-c2c(Cl)cc(Br)cc2Cl)c1C. The van der Waals surface area contributed by atoms with Gasteiger partial charge in [-0.2, -0.15) is 5.26 Å². The molecule has 1 aromatic carbocycles.